The molecular weight excluding hydrogens is 266 g/mol. The van der Waals surface area contributed by atoms with E-state index < -0.39 is 0 Å². The number of nitrogen functional groups attached to an aromatic ring is 1. The van der Waals surface area contributed by atoms with Crippen molar-refractivity contribution in [2.24, 2.45) is 5.84 Å². The highest BCUT2D eigenvalue weighted by molar-refractivity contribution is 5.95. The largest absolute Gasteiger partial charge is 0.497 e. The number of carbonyl (C=O) groups is 1. The zero-order valence-corrected chi connectivity index (χ0v) is 12.2. The molecule has 0 aliphatic rings. The first-order chi connectivity index (χ1) is 10.2. The van der Waals surface area contributed by atoms with Gasteiger partial charge in [0, 0.05) is 24.8 Å². The van der Waals surface area contributed by atoms with Crippen molar-refractivity contribution < 1.29 is 9.53 Å². The summed E-state index contributed by atoms with van der Waals surface area (Å²) in [6.45, 7) is 0.607. The number of hydrazine groups is 1. The second kappa shape index (κ2) is 6.76. The van der Waals surface area contributed by atoms with E-state index in [4.69, 9.17) is 10.6 Å². The van der Waals surface area contributed by atoms with Crippen molar-refractivity contribution >= 4 is 11.6 Å². The minimum Gasteiger partial charge on any atom is -0.497 e. The van der Waals surface area contributed by atoms with Crippen molar-refractivity contribution in [2.45, 2.75) is 6.54 Å². The number of ether oxygens (including phenoxy) is 1. The zero-order valence-electron chi connectivity index (χ0n) is 12.2. The number of carbonyl (C=O) groups excluding carboxylic acids is 1. The third kappa shape index (κ3) is 3.52. The van der Waals surface area contributed by atoms with E-state index in [-0.39, 0.29) is 5.91 Å². The van der Waals surface area contributed by atoms with Crippen molar-refractivity contribution in [2.75, 3.05) is 19.1 Å². The van der Waals surface area contributed by atoms with Crippen molar-refractivity contribution in [3.63, 3.8) is 0 Å². The lowest BCUT2D eigenvalue weighted by atomic mass is 10.1. The Balaban J connectivity index is 2.19. The molecule has 2 rings (SSSR count). The van der Waals surface area contributed by atoms with E-state index in [0.29, 0.717) is 12.1 Å². The fourth-order valence-electron chi connectivity index (χ4n) is 2.14. The highest BCUT2D eigenvalue weighted by atomic mass is 16.5. The SMILES string of the molecule is COc1ccc(N(C)Cc2ccccc2C(=O)NN)cc1. The molecule has 1 amide bonds. The number of benzene rings is 2. The lowest BCUT2D eigenvalue weighted by Crippen LogP contribution is -2.31. The molecule has 0 spiro atoms. The molecule has 3 N–H and O–H groups in total. The van der Waals surface area contributed by atoms with Gasteiger partial charge in [0.15, 0.2) is 0 Å². The Bertz CT molecular complexity index is 611. The number of rotatable bonds is 5. The Morgan fingerprint density at radius 1 is 1.19 bits per heavy atom. The van der Waals surface area contributed by atoms with E-state index in [0.717, 1.165) is 17.0 Å². The number of nitrogens with zero attached hydrogens (tertiary/aromatic N) is 1. The molecule has 0 aliphatic heterocycles. The Morgan fingerprint density at radius 3 is 2.48 bits per heavy atom. The molecule has 0 aromatic heterocycles. The average molecular weight is 285 g/mol. The maximum atomic E-state index is 11.8. The summed E-state index contributed by atoms with van der Waals surface area (Å²) < 4.78 is 5.15. The lowest BCUT2D eigenvalue weighted by Gasteiger charge is -2.21. The summed E-state index contributed by atoms with van der Waals surface area (Å²) in [5.74, 6) is 5.75. The van der Waals surface area contributed by atoms with Crippen LogP contribution in [0.25, 0.3) is 0 Å². The standard InChI is InChI=1S/C16H19N3O2/c1-19(13-7-9-14(21-2)10-8-13)11-12-5-3-4-6-15(12)16(20)18-17/h3-10H,11,17H2,1-2H3,(H,18,20). The van der Waals surface area contributed by atoms with Gasteiger partial charge in [0.05, 0.1) is 7.11 Å². The van der Waals surface area contributed by atoms with Gasteiger partial charge < -0.3 is 9.64 Å². The van der Waals surface area contributed by atoms with Crippen LogP contribution in [0.1, 0.15) is 15.9 Å². The molecule has 0 saturated heterocycles. The smallest absolute Gasteiger partial charge is 0.265 e. The first-order valence-corrected chi connectivity index (χ1v) is 6.59. The molecule has 2 aromatic carbocycles. The number of anilines is 1. The molecule has 2 aromatic rings. The Kier molecular flexibility index (Phi) is 4.79. The zero-order chi connectivity index (χ0) is 15.2. The molecule has 0 heterocycles. The van der Waals surface area contributed by atoms with E-state index >= 15 is 0 Å². The minimum absolute atomic E-state index is 0.284. The predicted octanol–water partition coefficient (Wildman–Crippen LogP) is 1.94. The molecule has 21 heavy (non-hydrogen) atoms. The molecule has 5 heteroatoms. The van der Waals surface area contributed by atoms with Gasteiger partial charge in [-0.25, -0.2) is 5.84 Å². The quantitative estimate of drug-likeness (QED) is 0.500. The van der Waals surface area contributed by atoms with Crippen molar-refractivity contribution in [3.8, 4) is 5.75 Å². The summed E-state index contributed by atoms with van der Waals surface area (Å²) in [4.78, 5) is 13.8. The van der Waals surface area contributed by atoms with E-state index in [2.05, 4.69) is 10.3 Å². The molecule has 110 valence electrons. The first-order valence-electron chi connectivity index (χ1n) is 6.59. The minimum atomic E-state index is -0.284. The topological polar surface area (TPSA) is 67.6 Å². The summed E-state index contributed by atoms with van der Waals surface area (Å²) >= 11 is 0. The number of methoxy groups -OCH3 is 1. The summed E-state index contributed by atoms with van der Waals surface area (Å²) in [5, 5.41) is 0. The molecule has 0 atom stereocenters. The van der Waals surface area contributed by atoms with Gasteiger partial charge in [-0.2, -0.15) is 0 Å². The lowest BCUT2D eigenvalue weighted by molar-refractivity contribution is 0.0952. The van der Waals surface area contributed by atoms with Crippen LogP contribution in [0, 0.1) is 0 Å². The molecule has 0 aliphatic carbocycles. The molecule has 0 unspecified atom stereocenters. The summed E-state index contributed by atoms with van der Waals surface area (Å²) in [5.41, 5.74) is 4.72. The summed E-state index contributed by atoms with van der Waals surface area (Å²) in [7, 11) is 3.61. The highest BCUT2D eigenvalue weighted by Gasteiger charge is 2.11. The fraction of sp³-hybridized carbons (Fsp3) is 0.188. The van der Waals surface area contributed by atoms with Crippen LogP contribution in [-0.4, -0.2) is 20.1 Å². The van der Waals surface area contributed by atoms with Gasteiger partial charge in [-0.05, 0) is 35.9 Å². The van der Waals surface area contributed by atoms with Gasteiger partial charge in [0.1, 0.15) is 5.75 Å². The summed E-state index contributed by atoms with van der Waals surface area (Å²) in [6, 6.07) is 15.2. The number of nitrogens with two attached hydrogens (primary N) is 1. The first kappa shape index (κ1) is 14.9. The third-order valence-corrected chi connectivity index (χ3v) is 3.31. The molecule has 0 fully saturated rings. The normalized spacial score (nSPS) is 10.0. The number of hydrogen-bond donors (Lipinski definition) is 2. The van der Waals surface area contributed by atoms with E-state index in [9.17, 15) is 4.79 Å². The Hall–Kier alpha value is -2.53. The number of nitrogens with one attached hydrogen (secondary N) is 1. The average Bonchev–Trinajstić information content (AvgIpc) is 2.54. The van der Waals surface area contributed by atoms with E-state index in [1.807, 2.05) is 49.5 Å². The Labute approximate surface area is 124 Å². The van der Waals surface area contributed by atoms with Gasteiger partial charge in [0.2, 0.25) is 0 Å². The monoisotopic (exact) mass is 285 g/mol. The van der Waals surface area contributed by atoms with Gasteiger partial charge >= 0.3 is 0 Å². The molecule has 0 radical (unpaired) electrons. The second-order valence-electron chi connectivity index (χ2n) is 4.68. The third-order valence-electron chi connectivity index (χ3n) is 3.31. The van der Waals surface area contributed by atoms with Crippen LogP contribution >= 0.6 is 0 Å². The molecular formula is C16H19N3O2. The van der Waals surface area contributed by atoms with Crippen LogP contribution in [0.3, 0.4) is 0 Å². The van der Waals surface area contributed by atoms with E-state index in [1.54, 1.807) is 13.2 Å². The maximum absolute atomic E-state index is 11.8. The van der Waals surface area contributed by atoms with Gasteiger partial charge in [-0.15, -0.1) is 0 Å². The van der Waals surface area contributed by atoms with E-state index in [1.165, 1.54) is 0 Å². The number of hydrogen-bond acceptors (Lipinski definition) is 4. The molecule has 5 nitrogen and oxygen atoms in total. The number of amides is 1. The van der Waals surface area contributed by atoms with Crippen LogP contribution in [0.2, 0.25) is 0 Å². The van der Waals surface area contributed by atoms with Gasteiger partial charge in [0.25, 0.3) is 5.91 Å². The van der Waals surface area contributed by atoms with Crippen LogP contribution in [0.5, 0.6) is 5.75 Å². The van der Waals surface area contributed by atoms with Gasteiger partial charge in [-0.3, -0.25) is 10.2 Å². The highest BCUT2D eigenvalue weighted by Crippen LogP contribution is 2.20. The van der Waals surface area contributed by atoms with Crippen LogP contribution < -0.4 is 20.9 Å². The molecule has 0 bridgehead atoms. The van der Waals surface area contributed by atoms with Gasteiger partial charge in [-0.1, -0.05) is 18.2 Å². The van der Waals surface area contributed by atoms with Crippen LogP contribution in [0.15, 0.2) is 48.5 Å². The Morgan fingerprint density at radius 2 is 1.86 bits per heavy atom. The van der Waals surface area contributed by atoms with Crippen LogP contribution in [0.4, 0.5) is 5.69 Å². The van der Waals surface area contributed by atoms with Crippen molar-refractivity contribution in [1.29, 1.82) is 0 Å². The van der Waals surface area contributed by atoms with Crippen molar-refractivity contribution in [1.82, 2.24) is 5.43 Å². The maximum Gasteiger partial charge on any atom is 0.265 e. The predicted molar refractivity (Wildman–Crippen MR) is 83.2 cm³/mol. The molecule has 0 saturated carbocycles. The van der Waals surface area contributed by atoms with Crippen molar-refractivity contribution in [3.05, 3.63) is 59.7 Å². The van der Waals surface area contributed by atoms with Crippen LogP contribution in [-0.2, 0) is 6.54 Å². The fourth-order valence-corrected chi connectivity index (χ4v) is 2.14. The second-order valence-corrected chi connectivity index (χ2v) is 4.68. The summed E-state index contributed by atoms with van der Waals surface area (Å²) in [6.07, 6.45) is 0.